The molecule has 98 valence electrons. The normalized spacial score (nSPS) is 17.3. The first-order valence-electron chi connectivity index (χ1n) is 4.72. The fourth-order valence-electron chi connectivity index (χ4n) is 1.34. The number of hydrogen-bond acceptors (Lipinski definition) is 2. The Labute approximate surface area is 108 Å². The van der Waals surface area contributed by atoms with Gasteiger partial charge in [-0.05, 0) is 0 Å². The predicted octanol–water partition coefficient (Wildman–Crippen LogP) is 3.86. The fourth-order valence-corrected chi connectivity index (χ4v) is 5.55. The summed E-state index contributed by atoms with van der Waals surface area (Å²) in [5, 5.41) is 0. The van der Waals surface area contributed by atoms with Crippen molar-refractivity contribution in [3.63, 3.8) is 0 Å². The molecule has 1 aromatic carbocycles. The molecular formula is C11H7F4IO2. The summed E-state index contributed by atoms with van der Waals surface area (Å²) in [6, 6.07) is 5.40. The third kappa shape index (κ3) is 1.80. The average Bonchev–Trinajstić information content (AvgIpc) is 2.68. The van der Waals surface area contributed by atoms with E-state index in [9.17, 15) is 22.4 Å². The van der Waals surface area contributed by atoms with E-state index in [0.717, 1.165) is 0 Å². The van der Waals surface area contributed by atoms with Gasteiger partial charge in [0.05, 0.1) is 0 Å². The van der Waals surface area contributed by atoms with Gasteiger partial charge >= 0.3 is 108 Å². The van der Waals surface area contributed by atoms with Crippen LogP contribution in [0.3, 0.4) is 0 Å². The Kier molecular flexibility index (Phi) is 3.12. The van der Waals surface area contributed by atoms with E-state index in [-0.39, 0.29) is 15.2 Å². The first kappa shape index (κ1) is 13.3. The molecule has 0 bridgehead atoms. The molecule has 1 aromatic rings. The van der Waals surface area contributed by atoms with Crippen molar-refractivity contribution in [3.05, 3.63) is 46.1 Å². The molecule has 0 amide bonds. The van der Waals surface area contributed by atoms with Gasteiger partial charge in [-0.3, -0.25) is 0 Å². The standard InChI is InChI=1S/C11H7F4IO2/c1-2-10(12,13)11(14,15)16-8-6-4-3-5-7(8)9(17)18-16/h2-6H,1H2. The second-order valence-electron chi connectivity index (χ2n) is 3.42. The van der Waals surface area contributed by atoms with E-state index in [2.05, 4.69) is 9.65 Å². The van der Waals surface area contributed by atoms with Crippen LogP contribution in [-0.4, -0.2) is 15.8 Å². The molecule has 0 saturated carbocycles. The van der Waals surface area contributed by atoms with Crippen molar-refractivity contribution in [2.45, 2.75) is 9.85 Å². The van der Waals surface area contributed by atoms with E-state index in [1.165, 1.54) is 24.3 Å². The number of halogens is 5. The number of benzene rings is 1. The molecule has 7 heteroatoms. The van der Waals surface area contributed by atoms with Crippen LogP contribution in [0.15, 0.2) is 36.9 Å². The molecule has 1 aliphatic rings. The molecule has 18 heavy (non-hydrogen) atoms. The topological polar surface area (TPSA) is 26.3 Å². The Morgan fingerprint density at radius 2 is 1.83 bits per heavy atom. The van der Waals surface area contributed by atoms with Crippen molar-refractivity contribution in [3.8, 4) is 0 Å². The van der Waals surface area contributed by atoms with E-state index in [0.29, 0.717) is 0 Å². The minimum absolute atomic E-state index is 0.0535. The van der Waals surface area contributed by atoms with Crippen LogP contribution in [0, 0.1) is 3.57 Å². The summed E-state index contributed by atoms with van der Waals surface area (Å²) in [6.45, 7) is 2.70. The van der Waals surface area contributed by atoms with Gasteiger partial charge in [-0.1, -0.05) is 0 Å². The van der Waals surface area contributed by atoms with Crippen molar-refractivity contribution in [1.82, 2.24) is 0 Å². The Balaban J connectivity index is 2.49. The quantitative estimate of drug-likeness (QED) is 0.348. The Morgan fingerprint density at radius 3 is 2.44 bits per heavy atom. The number of carbonyl (C=O) groups excluding carboxylic acids is 1. The van der Waals surface area contributed by atoms with Gasteiger partial charge in [-0.25, -0.2) is 0 Å². The number of allylic oxidation sites excluding steroid dienone is 1. The molecule has 0 aliphatic carbocycles. The van der Waals surface area contributed by atoms with Crippen molar-refractivity contribution in [2.75, 3.05) is 0 Å². The second-order valence-corrected chi connectivity index (χ2v) is 7.80. The Morgan fingerprint density at radius 1 is 1.22 bits per heavy atom. The van der Waals surface area contributed by atoms with Crippen LogP contribution in [0.2, 0.25) is 0 Å². The van der Waals surface area contributed by atoms with Crippen molar-refractivity contribution in [2.24, 2.45) is 0 Å². The molecule has 2 nitrogen and oxygen atoms in total. The molecule has 2 rings (SSSR count). The maximum absolute atomic E-state index is 13.7. The van der Waals surface area contributed by atoms with Gasteiger partial charge in [0.15, 0.2) is 0 Å². The summed E-state index contributed by atoms with van der Waals surface area (Å²) in [5.41, 5.74) is -0.0535. The van der Waals surface area contributed by atoms with E-state index in [4.69, 9.17) is 0 Å². The Hall–Kier alpha value is -1.12. The fraction of sp³-hybridized carbons (Fsp3) is 0.182. The summed E-state index contributed by atoms with van der Waals surface area (Å²) < 4.78 is 53.9. The molecule has 0 saturated heterocycles. The molecule has 0 unspecified atom stereocenters. The molecule has 0 N–H and O–H groups in total. The van der Waals surface area contributed by atoms with Crippen LogP contribution in [-0.2, 0) is 3.07 Å². The first-order chi connectivity index (χ1) is 8.31. The molecule has 1 heterocycles. The second kappa shape index (κ2) is 4.22. The molecule has 0 atom stereocenters. The van der Waals surface area contributed by atoms with Gasteiger partial charge in [-0.2, -0.15) is 0 Å². The van der Waals surface area contributed by atoms with Crippen molar-refractivity contribution < 1.29 is 25.4 Å². The van der Waals surface area contributed by atoms with Crippen LogP contribution in [0.5, 0.6) is 0 Å². The molecule has 0 aromatic heterocycles. The van der Waals surface area contributed by atoms with E-state index in [1.807, 2.05) is 0 Å². The molecule has 1 aliphatic heterocycles. The number of rotatable bonds is 3. The van der Waals surface area contributed by atoms with Gasteiger partial charge < -0.3 is 0 Å². The van der Waals surface area contributed by atoms with Crippen LogP contribution < -0.4 is 0 Å². The predicted molar refractivity (Wildman–Crippen MR) is 64.7 cm³/mol. The average molecular weight is 374 g/mol. The van der Waals surface area contributed by atoms with Crippen molar-refractivity contribution >= 4 is 26.2 Å². The van der Waals surface area contributed by atoms with Crippen LogP contribution in [0.1, 0.15) is 10.4 Å². The van der Waals surface area contributed by atoms with Gasteiger partial charge in [0.1, 0.15) is 0 Å². The molecule has 0 fully saturated rings. The first-order valence-corrected chi connectivity index (χ1v) is 7.76. The van der Waals surface area contributed by atoms with E-state index < -0.39 is 36.1 Å². The maximum atomic E-state index is 13.7. The van der Waals surface area contributed by atoms with E-state index >= 15 is 0 Å². The van der Waals surface area contributed by atoms with E-state index in [1.54, 1.807) is 0 Å². The number of fused-ring (bicyclic) bond motifs is 1. The summed E-state index contributed by atoms with van der Waals surface area (Å²) >= 11 is -4.10. The SMILES string of the molecule is C=CC(F)(F)C(F)(F)I1OC(=O)c2ccccc21. The zero-order valence-corrected chi connectivity index (χ0v) is 11.0. The number of hydrogen-bond donors (Lipinski definition) is 0. The van der Waals surface area contributed by atoms with Crippen molar-refractivity contribution in [1.29, 1.82) is 0 Å². The summed E-state index contributed by atoms with van der Waals surface area (Å²) in [6.07, 6.45) is -0.112. The Bertz CT molecular complexity index is 516. The van der Waals surface area contributed by atoms with Crippen LogP contribution >= 0.6 is 20.2 Å². The minimum atomic E-state index is -4.39. The van der Waals surface area contributed by atoms with Gasteiger partial charge in [0.25, 0.3) is 0 Å². The molecule has 0 radical (unpaired) electrons. The molecular weight excluding hydrogens is 367 g/mol. The van der Waals surface area contributed by atoms with Crippen LogP contribution in [0.4, 0.5) is 17.6 Å². The number of alkyl halides is 5. The zero-order valence-electron chi connectivity index (χ0n) is 8.80. The van der Waals surface area contributed by atoms with Gasteiger partial charge in [-0.15, -0.1) is 0 Å². The zero-order chi connectivity index (χ0) is 13.6. The summed E-state index contributed by atoms with van der Waals surface area (Å²) in [7, 11) is 0. The number of carbonyl (C=O) groups is 1. The third-order valence-electron chi connectivity index (χ3n) is 2.28. The van der Waals surface area contributed by atoms with Gasteiger partial charge in [0, 0.05) is 0 Å². The van der Waals surface area contributed by atoms with Crippen LogP contribution in [0.25, 0.3) is 0 Å². The third-order valence-corrected chi connectivity index (χ3v) is 7.06. The summed E-state index contributed by atoms with van der Waals surface area (Å²) in [4.78, 5) is 11.4. The molecule has 0 spiro atoms. The van der Waals surface area contributed by atoms with Gasteiger partial charge in [0.2, 0.25) is 0 Å². The monoisotopic (exact) mass is 374 g/mol. The summed E-state index contributed by atoms with van der Waals surface area (Å²) in [5.74, 6) is -5.36.